The number of fused-ring (bicyclic) bond motifs is 1. The van der Waals surface area contributed by atoms with Crippen molar-refractivity contribution in [3.05, 3.63) is 57.4 Å². The average molecular weight is 297 g/mol. The quantitative estimate of drug-likeness (QED) is 0.424. The van der Waals surface area contributed by atoms with Crippen LogP contribution in [0.3, 0.4) is 0 Å². The Morgan fingerprint density at radius 3 is 2.55 bits per heavy atom. The molecule has 0 amide bonds. The molecular weight excluding hydrogens is 286 g/mol. The molecule has 2 aromatic carbocycles. The van der Waals surface area contributed by atoms with Gasteiger partial charge in [-0.15, -0.1) is 10.2 Å². The van der Waals surface area contributed by atoms with Gasteiger partial charge in [-0.25, -0.2) is 4.79 Å². The van der Waals surface area contributed by atoms with Gasteiger partial charge in [-0.3, -0.25) is 9.78 Å². The molecule has 3 rings (SSSR count). The average Bonchev–Trinajstić information content (AvgIpc) is 2.48. The maximum Gasteiger partial charge on any atom is 0.325 e. The lowest BCUT2D eigenvalue weighted by Gasteiger charge is -2.05. The number of hydrogen-bond donors (Lipinski definition) is 4. The summed E-state index contributed by atoms with van der Waals surface area (Å²) in [5, 5.41) is 18.7. The molecule has 0 saturated heterocycles. The predicted molar refractivity (Wildman–Crippen MR) is 81.9 cm³/mol. The number of aromatic nitrogens is 2. The molecular formula is C14H11N5O3. The van der Waals surface area contributed by atoms with Crippen LogP contribution in [0, 0.1) is 0 Å². The van der Waals surface area contributed by atoms with Gasteiger partial charge in [0.2, 0.25) is 0 Å². The standard InChI is InChI=1S/C14H11N5O3/c15-10-3-4-11(8-2-1-7(20)5-9(8)10)18-19-12-6-16-14(22)17-13(12)21/h1-6,20H,15H2,(H2,16,17,21,22). The number of nitrogen functional groups attached to an aromatic ring is 1. The SMILES string of the molecule is Nc1ccc(N=Nc2c[nH]c(=O)[nH]c2=O)c2ccc(O)cc12. The summed E-state index contributed by atoms with van der Waals surface area (Å²) in [5.74, 6) is 0.0883. The molecule has 0 fully saturated rings. The highest BCUT2D eigenvalue weighted by Crippen LogP contribution is 2.33. The van der Waals surface area contributed by atoms with Crippen LogP contribution in [0.15, 0.2) is 56.3 Å². The number of anilines is 1. The second-order valence-electron chi connectivity index (χ2n) is 4.56. The van der Waals surface area contributed by atoms with Gasteiger partial charge in [0.1, 0.15) is 5.75 Å². The maximum atomic E-state index is 11.5. The lowest BCUT2D eigenvalue weighted by atomic mass is 10.1. The summed E-state index contributed by atoms with van der Waals surface area (Å²) in [6, 6.07) is 7.97. The number of aromatic hydroxyl groups is 1. The van der Waals surface area contributed by atoms with Crippen molar-refractivity contribution in [3.8, 4) is 5.75 Å². The zero-order chi connectivity index (χ0) is 15.7. The Labute approximate surface area is 123 Å². The summed E-state index contributed by atoms with van der Waals surface area (Å²) in [6.07, 6.45) is 1.18. The molecule has 1 aromatic heterocycles. The third-order valence-electron chi connectivity index (χ3n) is 3.08. The van der Waals surface area contributed by atoms with E-state index in [1.807, 2.05) is 0 Å². The Bertz CT molecular complexity index is 1000. The second-order valence-corrected chi connectivity index (χ2v) is 4.56. The fourth-order valence-electron chi connectivity index (χ4n) is 2.01. The number of rotatable bonds is 2. The highest BCUT2D eigenvalue weighted by molar-refractivity contribution is 6.00. The Kier molecular flexibility index (Phi) is 3.18. The normalized spacial score (nSPS) is 11.3. The van der Waals surface area contributed by atoms with Crippen molar-refractivity contribution in [2.75, 3.05) is 5.73 Å². The van der Waals surface area contributed by atoms with Crippen molar-refractivity contribution >= 4 is 27.8 Å². The van der Waals surface area contributed by atoms with Gasteiger partial charge in [-0.2, -0.15) is 0 Å². The molecule has 110 valence electrons. The third kappa shape index (κ3) is 2.44. The third-order valence-corrected chi connectivity index (χ3v) is 3.08. The minimum atomic E-state index is -0.634. The Hall–Kier alpha value is -3.42. The van der Waals surface area contributed by atoms with Crippen LogP contribution in [-0.4, -0.2) is 15.1 Å². The molecule has 0 radical (unpaired) electrons. The first kappa shape index (κ1) is 13.6. The molecule has 8 heteroatoms. The van der Waals surface area contributed by atoms with Crippen LogP contribution >= 0.6 is 0 Å². The fourth-order valence-corrected chi connectivity index (χ4v) is 2.01. The monoisotopic (exact) mass is 297 g/mol. The van der Waals surface area contributed by atoms with Crippen molar-refractivity contribution in [2.24, 2.45) is 10.2 Å². The molecule has 5 N–H and O–H groups in total. The summed E-state index contributed by atoms with van der Waals surface area (Å²) in [5.41, 5.74) is 5.56. The summed E-state index contributed by atoms with van der Waals surface area (Å²) in [7, 11) is 0. The van der Waals surface area contributed by atoms with Crippen molar-refractivity contribution < 1.29 is 5.11 Å². The van der Waals surface area contributed by atoms with Crippen LogP contribution < -0.4 is 17.0 Å². The number of nitrogens with zero attached hydrogens (tertiary/aromatic N) is 2. The van der Waals surface area contributed by atoms with Crippen molar-refractivity contribution in [2.45, 2.75) is 0 Å². The Morgan fingerprint density at radius 2 is 1.77 bits per heavy atom. The molecule has 8 nitrogen and oxygen atoms in total. The fraction of sp³-hybridized carbons (Fsp3) is 0. The highest BCUT2D eigenvalue weighted by atomic mass is 16.3. The van der Waals surface area contributed by atoms with Gasteiger partial charge in [-0.05, 0) is 30.3 Å². The molecule has 0 atom stereocenters. The number of phenols is 1. The van der Waals surface area contributed by atoms with E-state index < -0.39 is 11.2 Å². The topological polar surface area (TPSA) is 137 Å². The summed E-state index contributed by atoms with van der Waals surface area (Å²) in [6.45, 7) is 0. The van der Waals surface area contributed by atoms with E-state index in [-0.39, 0.29) is 11.4 Å². The molecule has 1 heterocycles. The van der Waals surface area contributed by atoms with Crippen molar-refractivity contribution in [1.29, 1.82) is 0 Å². The molecule has 0 aliphatic heterocycles. The zero-order valence-corrected chi connectivity index (χ0v) is 11.2. The number of phenolic OH excluding ortho intramolecular Hbond substituents is 1. The van der Waals surface area contributed by atoms with Crippen molar-refractivity contribution in [3.63, 3.8) is 0 Å². The lowest BCUT2D eigenvalue weighted by molar-refractivity contribution is 0.476. The van der Waals surface area contributed by atoms with Crippen molar-refractivity contribution in [1.82, 2.24) is 9.97 Å². The van der Waals surface area contributed by atoms with Crippen LogP contribution in [0.1, 0.15) is 0 Å². The van der Waals surface area contributed by atoms with E-state index in [2.05, 4.69) is 20.2 Å². The number of hydrogen-bond acceptors (Lipinski definition) is 6. The maximum absolute atomic E-state index is 11.5. The van der Waals surface area contributed by atoms with Gasteiger partial charge >= 0.3 is 5.69 Å². The van der Waals surface area contributed by atoms with E-state index in [9.17, 15) is 14.7 Å². The van der Waals surface area contributed by atoms with E-state index >= 15 is 0 Å². The van der Waals surface area contributed by atoms with Gasteiger partial charge < -0.3 is 15.8 Å². The van der Waals surface area contributed by atoms with Gasteiger partial charge in [0.25, 0.3) is 5.56 Å². The first-order chi connectivity index (χ1) is 10.5. The van der Waals surface area contributed by atoms with Crippen LogP contribution in [0.2, 0.25) is 0 Å². The Morgan fingerprint density at radius 1 is 1.00 bits per heavy atom. The van der Waals surface area contributed by atoms with E-state index in [0.29, 0.717) is 22.1 Å². The molecule has 3 aromatic rings. The molecule has 0 aliphatic carbocycles. The first-order valence-electron chi connectivity index (χ1n) is 6.29. The molecule has 0 saturated carbocycles. The van der Waals surface area contributed by atoms with Crippen LogP contribution in [0.5, 0.6) is 5.75 Å². The number of azo groups is 1. The lowest BCUT2D eigenvalue weighted by Crippen LogP contribution is -2.20. The van der Waals surface area contributed by atoms with Gasteiger partial charge in [-0.1, -0.05) is 0 Å². The highest BCUT2D eigenvalue weighted by Gasteiger charge is 2.05. The van der Waals surface area contributed by atoms with E-state index in [0.717, 1.165) is 0 Å². The molecule has 0 unspecified atom stereocenters. The van der Waals surface area contributed by atoms with Crippen LogP contribution in [0.25, 0.3) is 10.8 Å². The smallest absolute Gasteiger partial charge is 0.325 e. The van der Waals surface area contributed by atoms with Crippen LogP contribution in [0.4, 0.5) is 17.1 Å². The molecule has 0 aliphatic rings. The van der Waals surface area contributed by atoms with Gasteiger partial charge in [0.15, 0.2) is 5.69 Å². The minimum Gasteiger partial charge on any atom is -0.508 e. The molecule has 22 heavy (non-hydrogen) atoms. The van der Waals surface area contributed by atoms with Gasteiger partial charge in [0.05, 0.1) is 5.69 Å². The summed E-state index contributed by atoms with van der Waals surface area (Å²) >= 11 is 0. The number of aromatic amines is 2. The Balaban J connectivity index is 2.11. The first-order valence-corrected chi connectivity index (χ1v) is 6.29. The molecule has 0 bridgehead atoms. The van der Waals surface area contributed by atoms with E-state index in [1.54, 1.807) is 18.2 Å². The summed E-state index contributed by atoms with van der Waals surface area (Å²) < 4.78 is 0. The molecule has 0 spiro atoms. The second kappa shape index (κ2) is 5.17. The number of H-pyrrole nitrogens is 2. The van der Waals surface area contributed by atoms with E-state index in [1.165, 1.54) is 18.3 Å². The zero-order valence-electron chi connectivity index (χ0n) is 11.2. The van der Waals surface area contributed by atoms with E-state index in [4.69, 9.17) is 5.73 Å². The predicted octanol–water partition coefficient (Wildman–Crippen LogP) is 1.92. The minimum absolute atomic E-state index is 0.0247. The number of nitrogens with one attached hydrogen (secondary N) is 2. The summed E-state index contributed by atoms with van der Waals surface area (Å²) in [4.78, 5) is 26.8. The number of nitrogens with two attached hydrogens (primary N) is 1. The van der Waals surface area contributed by atoms with Gasteiger partial charge in [0, 0.05) is 22.7 Å². The largest absolute Gasteiger partial charge is 0.508 e. The van der Waals surface area contributed by atoms with Crippen LogP contribution in [-0.2, 0) is 0 Å². The number of benzene rings is 2.